The summed E-state index contributed by atoms with van der Waals surface area (Å²) in [6.07, 6.45) is 4.27. The van der Waals surface area contributed by atoms with Crippen molar-refractivity contribution in [3.8, 4) is 5.88 Å². The van der Waals surface area contributed by atoms with Gasteiger partial charge in [-0.2, -0.15) is 4.98 Å². The SMILES string of the molecule is COc1ccc2c(n1)NC1CCCCC1C(=O)N2. The molecule has 5 nitrogen and oxygen atoms in total. The standard InChI is InChI=1S/C13H17N3O2/c1-18-11-7-6-10-12(16-11)14-9-5-3-2-4-8(9)13(17)15-10/h6-9H,2-5H2,1H3,(H,14,16)(H,15,17). The van der Waals surface area contributed by atoms with Crippen LogP contribution in [0.4, 0.5) is 11.5 Å². The fourth-order valence-electron chi connectivity index (χ4n) is 2.78. The molecule has 2 atom stereocenters. The first-order chi connectivity index (χ1) is 8.78. The number of rotatable bonds is 1. The number of pyridine rings is 1. The van der Waals surface area contributed by atoms with Gasteiger partial charge in [-0.05, 0) is 18.9 Å². The van der Waals surface area contributed by atoms with Crippen molar-refractivity contribution in [2.24, 2.45) is 5.92 Å². The Balaban J connectivity index is 1.95. The van der Waals surface area contributed by atoms with E-state index in [2.05, 4.69) is 15.6 Å². The van der Waals surface area contributed by atoms with Crippen molar-refractivity contribution >= 4 is 17.4 Å². The third-order valence-electron chi connectivity index (χ3n) is 3.76. The second-order valence-electron chi connectivity index (χ2n) is 4.88. The number of carbonyl (C=O) groups is 1. The van der Waals surface area contributed by atoms with Crippen LogP contribution in [0.1, 0.15) is 25.7 Å². The van der Waals surface area contributed by atoms with Crippen molar-refractivity contribution < 1.29 is 9.53 Å². The smallest absolute Gasteiger partial charge is 0.229 e. The molecule has 2 aliphatic rings. The van der Waals surface area contributed by atoms with E-state index in [1.165, 1.54) is 6.42 Å². The topological polar surface area (TPSA) is 63.2 Å². The molecule has 0 spiro atoms. The number of amides is 1. The molecule has 1 saturated carbocycles. The molecular weight excluding hydrogens is 230 g/mol. The Morgan fingerprint density at radius 1 is 1.33 bits per heavy atom. The van der Waals surface area contributed by atoms with Crippen LogP contribution in [0.2, 0.25) is 0 Å². The number of nitrogens with zero attached hydrogens (tertiary/aromatic N) is 1. The first kappa shape index (κ1) is 11.3. The predicted molar refractivity (Wildman–Crippen MR) is 68.8 cm³/mol. The Kier molecular flexibility index (Phi) is 2.81. The van der Waals surface area contributed by atoms with Gasteiger partial charge in [-0.1, -0.05) is 12.8 Å². The molecule has 1 aromatic rings. The number of aromatic nitrogens is 1. The quantitative estimate of drug-likeness (QED) is 0.797. The number of hydrogen-bond acceptors (Lipinski definition) is 4. The van der Waals surface area contributed by atoms with Gasteiger partial charge in [0.15, 0.2) is 5.82 Å². The van der Waals surface area contributed by atoms with Gasteiger partial charge in [0.1, 0.15) is 0 Å². The van der Waals surface area contributed by atoms with Crippen molar-refractivity contribution in [2.45, 2.75) is 31.7 Å². The normalized spacial score (nSPS) is 26.2. The highest BCUT2D eigenvalue weighted by Crippen LogP contribution is 2.34. The van der Waals surface area contributed by atoms with Crippen LogP contribution in [0.5, 0.6) is 5.88 Å². The summed E-state index contributed by atoms with van der Waals surface area (Å²) in [5, 5.41) is 6.35. The van der Waals surface area contributed by atoms with E-state index < -0.39 is 0 Å². The summed E-state index contributed by atoms with van der Waals surface area (Å²) in [7, 11) is 1.59. The van der Waals surface area contributed by atoms with Gasteiger partial charge >= 0.3 is 0 Å². The van der Waals surface area contributed by atoms with Gasteiger partial charge in [0.2, 0.25) is 11.8 Å². The van der Waals surface area contributed by atoms with Crippen LogP contribution in [-0.4, -0.2) is 24.0 Å². The Labute approximate surface area is 106 Å². The minimum atomic E-state index is 0.0546. The molecule has 0 radical (unpaired) electrons. The maximum atomic E-state index is 12.2. The van der Waals surface area contributed by atoms with E-state index in [-0.39, 0.29) is 17.9 Å². The maximum absolute atomic E-state index is 12.2. The predicted octanol–water partition coefficient (Wildman–Crippen LogP) is 2.01. The van der Waals surface area contributed by atoms with Crippen LogP contribution in [0.3, 0.4) is 0 Å². The molecule has 0 bridgehead atoms. The van der Waals surface area contributed by atoms with Crippen molar-refractivity contribution in [3.63, 3.8) is 0 Å². The summed E-state index contributed by atoms with van der Waals surface area (Å²) in [6, 6.07) is 3.79. The minimum Gasteiger partial charge on any atom is -0.481 e. The maximum Gasteiger partial charge on any atom is 0.229 e. The minimum absolute atomic E-state index is 0.0546. The van der Waals surface area contributed by atoms with Crippen LogP contribution in [-0.2, 0) is 4.79 Å². The first-order valence-electron chi connectivity index (χ1n) is 6.40. The van der Waals surface area contributed by atoms with E-state index in [0.29, 0.717) is 5.88 Å². The number of nitrogens with one attached hydrogen (secondary N) is 2. The van der Waals surface area contributed by atoms with E-state index in [1.807, 2.05) is 6.07 Å². The van der Waals surface area contributed by atoms with Crippen molar-refractivity contribution in [1.82, 2.24) is 4.98 Å². The number of anilines is 2. The molecule has 1 aliphatic heterocycles. The molecule has 1 fully saturated rings. The van der Waals surface area contributed by atoms with Crippen molar-refractivity contribution in [3.05, 3.63) is 12.1 Å². The third-order valence-corrected chi connectivity index (χ3v) is 3.76. The van der Waals surface area contributed by atoms with Crippen LogP contribution in [0.25, 0.3) is 0 Å². The van der Waals surface area contributed by atoms with Crippen LogP contribution < -0.4 is 15.4 Å². The molecule has 96 valence electrons. The van der Waals surface area contributed by atoms with Gasteiger partial charge in [0.25, 0.3) is 0 Å². The van der Waals surface area contributed by atoms with E-state index in [4.69, 9.17) is 4.74 Å². The molecule has 1 aliphatic carbocycles. The zero-order chi connectivity index (χ0) is 12.5. The fraction of sp³-hybridized carbons (Fsp3) is 0.538. The number of carbonyl (C=O) groups excluding carboxylic acids is 1. The molecule has 1 amide bonds. The lowest BCUT2D eigenvalue weighted by molar-refractivity contribution is -0.120. The Hall–Kier alpha value is -1.78. The summed E-state index contributed by atoms with van der Waals surface area (Å²) in [5.74, 6) is 1.44. The van der Waals surface area contributed by atoms with Crippen molar-refractivity contribution in [1.29, 1.82) is 0 Å². The summed E-state index contributed by atoms with van der Waals surface area (Å²) in [6.45, 7) is 0. The summed E-state index contributed by atoms with van der Waals surface area (Å²) in [4.78, 5) is 16.5. The Morgan fingerprint density at radius 3 is 3.00 bits per heavy atom. The molecular formula is C13H17N3O2. The summed E-state index contributed by atoms with van der Waals surface area (Å²) >= 11 is 0. The number of methoxy groups -OCH3 is 1. The number of hydrogen-bond donors (Lipinski definition) is 2. The highest BCUT2D eigenvalue weighted by molar-refractivity contribution is 5.97. The Bertz CT molecular complexity index is 475. The molecule has 0 saturated heterocycles. The molecule has 2 N–H and O–H groups in total. The van der Waals surface area contributed by atoms with Crippen LogP contribution in [0.15, 0.2) is 12.1 Å². The molecule has 5 heteroatoms. The largest absolute Gasteiger partial charge is 0.481 e. The number of ether oxygens (including phenoxy) is 1. The molecule has 0 aromatic carbocycles. The average molecular weight is 247 g/mol. The second-order valence-corrected chi connectivity index (χ2v) is 4.88. The average Bonchev–Trinajstić information content (AvgIpc) is 2.54. The van der Waals surface area contributed by atoms with Gasteiger partial charge in [-0.25, -0.2) is 0 Å². The van der Waals surface area contributed by atoms with Gasteiger partial charge in [-0.15, -0.1) is 0 Å². The highest BCUT2D eigenvalue weighted by atomic mass is 16.5. The zero-order valence-corrected chi connectivity index (χ0v) is 10.4. The van der Waals surface area contributed by atoms with E-state index >= 15 is 0 Å². The fourth-order valence-corrected chi connectivity index (χ4v) is 2.78. The van der Waals surface area contributed by atoms with E-state index in [0.717, 1.165) is 30.8 Å². The van der Waals surface area contributed by atoms with Gasteiger partial charge in [0.05, 0.1) is 18.7 Å². The lowest BCUT2D eigenvalue weighted by atomic mass is 9.84. The second kappa shape index (κ2) is 4.48. The lowest BCUT2D eigenvalue weighted by Gasteiger charge is -2.28. The summed E-state index contributed by atoms with van der Waals surface area (Å²) < 4.78 is 5.12. The highest BCUT2D eigenvalue weighted by Gasteiger charge is 2.34. The monoisotopic (exact) mass is 247 g/mol. The molecule has 3 rings (SSSR count). The lowest BCUT2D eigenvalue weighted by Crippen LogP contribution is -2.37. The van der Waals surface area contributed by atoms with E-state index in [1.54, 1.807) is 13.2 Å². The number of fused-ring (bicyclic) bond motifs is 2. The molecule has 1 aromatic heterocycles. The molecule has 2 heterocycles. The molecule has 2 unspecified atom stereocenters. The third kappa shape index (κ3) is 1.89. The summed E-state index contributed by atoms with van der Waals surface area (Å²) in [5.41, 5.74) is 0.746. The van der Waals surface area contributed by atoms with Gasteiger partial charge in [0, 0.05) is 12.1 Å². The Morgan fingerprint density at radius 2 is 2.17 bits per heavy atom. The first-order valence-corrected chi connectivity index (χ1v) is 6.40. The van der Waals surface area contributed by atoms with Gasteiger partial charge in [-0.3, -0.25) is 4.79 Å². The molecule has 18 heavy (non-hydrogen) atoms. The van der Waals surface area contributed by atoms with Gasteiger partial charge < -0.3 is 15.4 Å². The van der Waals surface area contributed by atoms with Crippen LogP contribution >= 0.6 is 0 Å². The van der Waals surface area contributed by atoms with E-state index in [9.17, 15) is 4.79 Å². The zero-order valence-electron chi connectivity index (χ0n) is 10.4. The van der Waals surface area contributed by atoms with Crippen molar-refractivity contribution in [2.75, 3.05) is 17.7 Å². The van der Waals surface area contributed by atoms with Crippen LogP contribution in [0, 0.1) is 5.92 Å².